The molecule has 2 rings (SSSR count). The van der Waals surface area contributed by atoms with Crippen molar-refractivity contribution in [3.63, 3.8) is 0 Å². The van der Waals surface area contributed by atoms with Crippen LogP contribution in [0.4, 0.5) is 5.69 Å². The summed E-state index contributed by atoms with van der Waals surface area (Å²) in [7, 11) is 0. The van der Waals surface area contributed by atoms with Crippen LogP contribution in [0.1, 0.15) is 55.8 Å². The van der Waals surface area contributed by atoms with E-state index in [1.165, 1.54) is 0 Å². The Morgan fingerprint density at radius 1 is 1.17 bits per heavy atom. The van der Waals surface area contributed by atoms with Gasteiger partial charge in [-0.2, -0.15) is 0 Å². The second kappa shape index (κ2) is 7.95. The van der Waals surface area contributed by atoms with E-state index < -0.39 is 23.3 Å². The Kier molecular flexibility index (Phi) is 5.95. The Balaban J connectivity index is 2.12. The summed E-state index contributed by atoms with van der Waals surface area (Å²) in [5.41, 5.74) is -0.390. The predicted octanol–water partition coefficient (Wildman–Crippen LogP) is 3.23. The van der Waals surface area contributed by atoms with E-state index >= 15 is 0 Å². The van der Waals surface area contributed by atoms with Gasteiger partial charge in [0.2, 0.25) is 5.91 Å². The first-order valence-corrected chi connectivity index (χ1v) is 8.28. The van der Waals surface area contributed by atoms with Gasteiger partial charge in [-0.25, -0.2) is 4.79 Å². The molecule has 1 aliphatic carbocycles. The molecule has 6 heteroatoms. The number of aliphatic carboxylic acids is 1. The first-order chi connectivity index (χ1) is 11.5. The van der Waals surface area contributed by atoms with Crippen LogP contribution in [0.15, 0.2) is 24.3 Å². The first-order valence-electron chi connectivity index (χ1n) is 8.28. The summed E-state index contributed by atoms with van der Waals surface area (Å²) in [6, 6.07) is 6.56. The molecule has 0 aromatic heterocycles. The molecule has 0 radical (unpaired) electrons. The summed E-state index contributed by atoms with van der Waals surface area (Å²) in [6.07, 6.45) is 3.57. The molecule has 0 spiro atoms. The summed E-state index contributed by atoms with van der Waals surface area (Å²) in [6.45, 7) is 1.95. The number of amides is 1. The van der Waals surface area contributed by atoms with E-state index in [-0.39, 0.29) is 18.6 Å². The number of para-hydroxylation sites is 1. The van der Waals surface area contributed by atoms with E-state index in [2.05, 4.69) is 5.32 Å². The summed E-state index contributed by atoms with van der Waals surface area (Å²) in [5, 5.41) is 12.2. The van der Waals surface area contributed by atoms with Gasteiger partial charge in [-0.05, 0) is 31.9 Å². The number of hydrogen-bond donors (Lipinski definition) is 2. The number of esters is 1. The largest absolute Gasteiger partial charge is 0.481 e. The molecule has 1 aliphatic rings. The van der Waals surface area contributed by atoms with Crippen molar-refractivity contribution in [2.45, 2.75) is 45.4 Å². The van der Waals surface area contributed by atoms with E-state index in [0.717, 1.165) is 19.3 Å². The standard InChI is InChI=1S/C18H23NO5/c1-2-24-16(21)13-8-4-5-9-14(13)19-15(20)12-18(17(22)23)10-6-3-7-11-18/h4-5,8-9H,2-3,6-7,10-12H2,1H3,(H,19,20)(H,22,23). The highest BCUT2D eigenvalue weighted by molar-refractivity contribution is 6.02. The van der Waals surface area contributed by atoms with Crippen LogP contribution < -0.4 is 5.32 Å². The number of carbonyl (C=O) groups excluding carboxylic acids is 2. The number of anilines is 1. The van der Waals surface area contributed by atoms with Crippen LogP contribution in [-0.4, -0.2) is 29.6 Å². The zero-order valence-electron chi connectivity index (χ0n) is 13.8. The highest BCUT2D eigenvalue weighted by Gasteiger charge is 2.41. The Hall–Kier alpha value is -2.37. The number of benzene rings is 1. The SMILES string of the molecule is CCOC(=O)c1ccccc1NC(=O)CC1(C(=O)O)CCCCC1. The summed E-state index contributed by atoms with van der Waals surface area (Å²) in [5.74, 6) is -1.83. The average Bonchev–Trinajstić information content (AvgIpc) is 2.56. The normalized spacial score (nSPS) is 16.2. The van der Waals surface area contributed by atoms with Gasteiger partial charge in [-0.1, -0.05) is 31.4 Å². The number of hydrogen-bond acceptors (Lipinski definition) is 4. The molecule has 0 aliphatic heterocycles. The van der Waals surface area contributed by atoms with Crippen molar-refractivity contribution in [2.75, 3.05) is 11.9 Å². The monoisotopic (exact) mass is 333 g/mol. The second-order valence-electron chi connectivity index (χ2n) is 6.14. The van der Waals surface area contributed by atoms with Gasteiger partial charge in [0.1, 0.15) is 0 Å². The van der Waals surface area contributed by atoms with E-state index in [0.29, 0.717) is 18.5 Å². The molecule has 1 aromatic carbocycles. The number of rotatable bonds is 6. The number of carbonyl (C=O) groups is 3. The Morgan fingerprint density at radius 3 is 2.46 bits per heavy atom. The van der Waals surface area contributed by atoms with Crippen molar-refractivity contribution >= 4 is 23.5 Å². The quantitative estimate of drug-likeness (QED) is 0.780. The molecular weight excluding hydrogens is 310 g/mol. The van der Waals surface area contributed by atoms with Gasteiger partial charge >= 0.3 is 11.9 Å². The van der Waals surface area contributed by atoms with Crippen molar-refractivity contribution in [3.8, 4) is 0 Å². The Morgan fingerprint density at radius 2 is 1.83 bits per heavy atom. The Bertz CT molecular complexity index is 620. The van der Waals surface area contributed by atoms with Crippen LogP contribution in [0.2, 0.25) is 0 Å². The summed E-state index contributed by atoms with van der Waals surface area (Å²) < 4.78 is 4.97. The van der Waals surface area contributed by atoms with Crippen LogP contribution >= 0.6 is 0 Å². The molecule has 130 valence electrons. The van der Waals surface area contributed by atoms with E-state index in [9.17, 15) is 19.5 Å². The molecule has 2 N–H and O–H groups in total. The van der Waals surface area contributed by atoms with E-state index in [4.69, 9.17) is 4.74 Å². The fraction of sp³-hybridized carbons (Fsp3) is 0.500. The lowest BCUT2D eigenvalue weighted by atomic mass is 9.71. The molecule has 1 amide bonds. The molecule has 0 saturated heterocycles. The number of nitrogens with one attached hydrogen (secondary N) is 1. The van der Waals surface area contributed by atoms with Crippen molar-refractivity contribution < 1.29 is 24.2 Å². The molecule has 0 atom stereocenters. The first kappa shape index (κ1) is 18.0. The van der Waals surface area contributed by atoms with Gasteiger partial charge in [0.25, 0.3) is 0 Å². The third-order valence-electron chi connectivity index (χ3n) is 4.46. The number of carboxylic acid groups (broad SMARTS) is 1. The third kappa shape index (κ3) is 4.13. The van der Waals surface area contributed by atoms with Crippen molar-refractivity contribution in [1.82, 2.24) is 0 Å². The maximum Gasteiger partial charge on any atom is 0.340 e. The van der Waals surface area contributed by atoms with Crippen LogP contribution in [0.3, 0.4) is 0 Å². The van der Waals surface area contributed by atoms with Crippen LogP contribution in [-0.2, 0) is 14.3 Å². The molecule has 0 heterocycles. The highest BCUT2D eigenvalue weighted by atomic mass is 16.5. The lowest BCUT2D eigenvalue weighted by molar-refractivity contribution is -0.153. The molecule has 6 nitrogen and oxygen atoms in total. The topological polar surface area (TPSA) is 92.7 Å². The van der Waals surface area contributed by atoms with Gasteiger partial charge in [-0.15, -0.1) is 0 Å². The smallest absolute Gasteiger partial charge is 0.340 e. The minimum absolute atomic E-state index is 0.0838. The van der Waals surface area contributed by atoms with Gasteiger partial charge < -0.3 is 15.2 Å². The fourth-order valence-corrected chi connectivity index (χ4v) is 3.18. The van der Waals surface area contributed by atoms with Crippen LogP contribution in [0.25, 0.3) is 0 Å². The van der Waals surface area contributed by atoms with E-state index in [1.807, 2.05) is 0 Å². The molecule has 1 fully saturated rings. The Labute approximate surface area is 141 Å². The minimum Gasteiger partial charge on any atom is -0.481 e. The summed E-state index contributed by atoms with van der Waals surface area (Å²) in [4.78, 5) is 36.0. The van der Waals surface area contributed by atoms with Crippen molar-refractivity contribution in [1.29, 1.82) is 0 Å². The summed E-state index contributed by atoms with van der Waals surface area (Å²) >= 11 is 0. The molecular formula is C18H23NO5. The maximum atomic E-state index is 12.4. The zero-order valence-corrected chi connectivity index (χ0v) is 13.8. The minimum atomic E-state index is -0.999. The van der Waals surface area contributed by atoms with Crippen molar-refractivity contribution in [2.24, 2.45) is 5.41 Å². The van der Waals surface area contributed by atoms with E-state index in [1.54, 1.807) is 31.2 Å². The predicted molar refractivity (Wildman–Crippen MR) is 88.8 cm³/mol. The molecule has 1 aromatic rings. The van der Waals surface area contributed by atoms with Crippen LogP contribution in [0.5, 0.6) is 0 Å². The third-order valence-corrected chi connectivity index (χ3v) is 4.46. The second-order valence-corrected chi connectivity index (χ2v) is 6.14. The van der Waals surface area contributed by atoms with Crippen LogP contribution in [0, 0.1) is 5.41 Å². The lowest BCUT2D eigenvalue weighted by Gasteiger charge is -2.32. The van der Waals surface area contributed by atoms with Crippen molar-refractivity contribution in [3.05, 3.63) is 29.8 Å². The average molecular weight is 333 g/mol. The van der Waals surface area contributed by atoms with Gasteiger partial charge in [0.05, 0.1) is 23.3 Å². The zero-order chi connectivity index (χ0) is 17.6. The maximum absolute atomic E-state index is 12.4. The molecule has 0 bridgehead atoms. The number of ether oxygens (including phenoxy) is 1. The molecule has 24 heavy (non-hydrogen) atoms. The fourth-order valence-electron chi connectivity index (χ4n) is 3.18. The van der Waals surface area contributed by atoms with Gasteiger partial charge in [0.15, 0.2) is 0 Å². The molecule has 0 unspecified atom stereocenters. The van der Waals surface area contributed by atoms with Gasteiger partial charge in [0, 0.05) is 6.42 Å². The molecule has 1 saturated carbocycles. The number of carboxylic acids is 1. The highest BCUT2D eigenvalue weighted by Crippen LogP contribution is 2.39. The lowest BCUT2D eigenvalue weighted by Crippen LogP contribution is -2.37. The van der Waals surface area contributed by atoms with Gasteiger partial charge in [-0.3, -0.25) is 9.59 Å².